The molecule has 2 rings (SSSR count). The van der Waals surface area contributed by atoms with Crippen molar-refractivity contribution in [2.24, 2.45) is 0 Å². The maximum absolute atomic E-state index is 13.5. The Hall–Kier alpha value is -1.09. The molecule has 0 saturated heterocycles. The number of aliphatic hydroxyl groups is 1. The summed E-state index contributed by atoms with van der Waals surface area (Å²) >= 11 is 11.7. The molecule has 2 aromatic carbocycles. The Bertz CT molecular complexity index is 543. The molecule has 0 radical (unpaired) electrons. The van der Waals surface area contributed by atoms with Gasteiger partial charge in [0.15, 0.2) is 0 Å². The van der Waals surface area contributed by atoms with Gasteiger partial charge in [0, 0.05) is 21.2 Å². The molecule has 0 aliphatic carbocycles. The monoisotopic (exact) mass is 270 g/mol. The van der Waals surface area contributed by atoms with E-state index in [4.69, 9.17) is 23.2 Å². The molecule has 0 aliphatic heterocycles. The Balaban J connectivity index is 2.44. The van der Waals surface area contributed by atoms with Gasteiger partial charge in [-0.3, -0.25) is 0 Å². The van der Waals surface area contributed by atoms with Gasteiger partial charge in [0.2, 0.25) is 0 Å². The van der Waals surface area contributed by atoms with Crippen molar-refractivity contribution in [2.45, 2.75) is 6.10 Å². The summed E-state index contributed by atoms with van der Waals surface area (Å²) in [6, 6.07) is 10.7. The van der Waals surface area contributed by atoms with Gasteiger partial charge < -0.3 is 5.11 Å². The number of hydrogen-bond acceptors (Lipinski definition) is 1. The largest absolute Gasteiger partial charge is 0.383 e. The van der Waals surface area contributed by atoms with E-state index in [1.54, 1.807) is 24.3 Å². The number of halogens is 3. The molecule has 4 heteroatoms. The van der Waals surface area contributed by atoms with Crippen LogP contribution in [0.4, 0.5) is 4.39 Å². The van der Waals surface area contributed by atoms with E-state index in [1.807, 2.05) is 0 Å². The van der Waals surface area contributed by atoms with Crippen LogP contribution >= 0.6 is 23.2 Å². The normalized spacial score (nSPS) is 12.5. The van der Waals surface area contributed by atoms with Gasteiger partial charge in [-0.2, -0.15) is 0 Å². The summed E-state index contributed by atoms with van der Waals surface area (Å²) in [6.07, 6.45) is -1.10. The minimum Gasteiger partial charge on any atom is -0.383 e. The average Bonchev–Trinajstić information content (AvgIpc) is 2.29. The molecule has 0 aromatic heterocycles. The second-order valence-electron chi connectivity index (χ2n) is 3.59. The standard InChI is InChI=1S/C13H9Cl2FO/c14-8-5-6-9(11(15)7-8)13(17)10-3-1-2-4-12(10)16/h1-7,13,17H. The number of aliphatic hydroxyl groups excluding tert-OH is 1. The zero-order valence-electron chi connectivity index (χ0n) is 8.70. The first-order valence-corrected chi connectivity index (χ1v) is 5.72. The van der Waals surface area contributed by atoms with Gasteiger partial charge in [-0.15, -0.1) is 0 Å². The van der Waals surface area contributed by atoms with Gasteiger partial charge in [0.05, 0.1) is 0 Å². The van der Waals surface area contributed by atoms with Crippen LogP contribution in [0.25, 0.3) is 0 Å². The van der Waals surface area contributed by atoms with E-state index in [-0.39, 0.29) is 5.56 Å². The summed E-state index contributed by atoms with van der Waals surface area (Å²) in [5.41, 5.74) is 0.623. The first-order valence-electron chi connectivity index (χ1n) is 4.97. The van der Waals surface area contributed by atoms with Crippen molar-refractivity contribution in [1.29, 1.82) is 0 Å². The molecule has 1 unspecified atom stereocenters. The smallest absolute Gasteiger partial charge is 0.129 e. The van der Waals surface area contributed by atoms with Gasteiger partial charge in [-0.1, -0.05) is 47.5 Å². The molecule has 2 aromatic rings. The first-order chi connectivity index (χ1) is 8.09. The summed E-state index contributed by atoms with van der Waals surface area (Å²) in [4.78, 5) is 0. The molecule has 0 aliphatic rings. The highest BCUT2D eigenvalue weighted by atomic mass is 35.5. The maximum Gasteiger partial charge on any atom is 0.129 e. The fourth-order valence-electron chi connectivity index (χ4n) is 1.59. The molecule has 1 nitrogen and oxygen atoms in total. The second kappa shape index (κ2) is 5.05. The Morgan fingerprint density at radius 1 is 1.00 bits per heavy atom. The van der Waals surface area contributed by atoms with Crippen molar-refractivity contribution >= 4 is 23.2 Å². The van der Waals surface area contributed by atoms with E-state index in [0.29, 0.717) is 15.6 Å². The Labute approximate surface area is 108 Å². The predicted molar refractivity (Wildman–Crippen MR) is 66.9 cm³/mol. The molecule has 0 amide bonds. The van der Waals surface area contributed by atoms with Crippen LogP contribution in [0.2, 0.25) is 10.0 Å². The fourth-order valence-corrected chi connectivity index (χ4v) is 2.10. The fraction of sp³-hybridized carbons (Fsp3) is 0.0769. The van der Waals surface area contributed by atoms with E-state index in [0.717, 1.165) is 0 Å². The predicted octanol–water partition coefficient (Wildman–Crippen LogP) is 4.21. The molecule has 1 N–H and O–H groups in total. The van der Waals surface area contributed by atoms with Crippen molar-refractivity contribution < 1.29 is 9.50 Å². The number of rotatable bonds is 2. The Morgan fingerprint density at radius 2 is 1.71 bits per heavy atom. The van der Waals surface area contributed by atoms with Crippen LogP contribution in [0.5, 0.6) is 0 Å². The second-order valence-corrected chi connectivity index (χ2v) is 4.43. The van der Waals surface area contributed by atoms with Crippen LogP contribution in [0.15, 0.2) is 42.5 Å². The molecule has 0 bridgehead atoms. The summed E-state index contributed by atoms with van der Waals surface area (Å²) < 4.78 is 13.5. The van der Waals surface area contributed by atoms with Gasteiger partial charge in [0.25, 0.3) is 0 Å². The highest BCUT2D eigenvalue weighted by Gasteiger charge is 2.17. The molecule has 1 atom stereocenters. The molecule has 88 valence electrons. The molecule has 17 heavy (non-hydrogen) atoms. The summed E-state index contributed by atoms with van der Waals surface area (Å²) in [7, 11) is 0. The average molecular weight is 271 g/mol. The quantitative estimate of drug-likeness (QED) is 0.867. The third-order valence-corrected chi connectivity index (χ3v) is 3.02. The van der Waals surface area contributed by atoms with Crippen molar-refractivity contribution in [2.75, 3.05) is 0 Å². The summed E-state index contributed by atoms with van der Waals surface area (Å²) in [5, 5.41) is 10.9. The van der Waals surface area contributed by atoms with Crippen LogP contribution in [0, 0.1) is 5.82 Å². The lowest BCUT2D eigenvalue weighted by molar-refractivity contribution is 0.215. The lowest BCUT2D eigenvalue weighted by atomic mass is 10.0. The highest BCUT2D eigenvalue weighted by molar-refractivity contribution is 6.35. The topological polar surface area (TPSA) is 20.2 Å². The highest BCUT2D eigenvalue weighted by Crippen LogP contribution is 2.31. The Kier molecular flexibility index (Phi) is 3.67. The zero-order valence-corrected chi connectivity index (χ0v) is 10.2. The van der Waals surface area contributed by atoms with Crippen LogP contribution in [-0.2, 0) is 0 Å². The number of hydrogen-bond donors (Lipinski definition) is 1. The SMILES string of the molecule is OC(c1ccccc1F)c1ccc(Cl)cc1Cl. The molecular formula is C13H9Cl2FO. The molecule has 0 fully saturated rings. The lowest BCUT2D eigenvalue weighted by Gasteiger charge is -2.14. The minimum atomic E-state index is -1.10. The van der Waals surface area contributed by atoms with Crippen molar-refractivity contribution in [3.05, 3.63) is 69.5 Å². The lowest BCUT2D eigenvalue weighted by Crippen LogP contribution is -2.03. The summed E-state index contributed by atoms with van der Waals surface area (Å²) in [6.45, 7) is 0. The first kappa shape index (κ1) is 12.4. The van der Waals surface area contributed by atoms with Crippen LogP contribution < -0.4 is 0 Å². The minimum absolute atomic E-state index is 0.191. The van der Waals surface area contributed by atoms with Crippen molar-refractivity contribution in [1.82, 2.24) is 0 Å². The molecule has 0 saturated carbocycles. The maximum atomic E-state index is 13.5. The van der Waals surface area contributed by atoms with Crippen LogP contribution in [-0.4, -0.2) is 5.11 Å². The van der Waals surface area contributed by atoms with E-state index >= 15 is 0 Å². The van der Waals surface area contributed by atoms with Crippen molar-refractivity contribution in [3.63, 3.8) is 0 Å². The zero-order chi connectivity index (χ0) is 12.4. The van der Waals surface area contributed by atoms with Gasteiger partial charge >= 0.3 is 0 Å². The van der Waals surface area contributed by atoms with Crippen LogP contribution in [0.3, 0.4) is 0 Å². The molecule has 0 heterocycles. The third-order valence-electron chi connectivity index (χ3n) is 2.46. The van der Waals surface area contributed by atoms with E-state index in [9.17, 15) is 9.50 Å². The summed E-state index contributed by atoms with van der Waals surface area (Å²) in [5.74, 6) is -0.467. The third kappa shape index (κ3) is 2.60. The van der Waals surface area contributed by atoms with E-state index in [2.05, 4.69) is 0 Å². The van der Waals surface area contributed by atoms with E-state index < -0.39 is 11.9 Å². The van der Waals surface area contributed by atoms with Crippen LogP contribution in [0.1, 0.15) is 17.2 Å². The van der Waals surface area contributed by atoms with Gasteiger partial charge in [0.1, 0.15) is 11.9 Å². The van der Waals surface area contributed by atoms with Gasteiger partial charge in [-0.25, -0.2) is 4.39 Å². The molecule has 0 spiro atoms. The van der Waals surface area contributed by atoms with Gasteiger partial charge in [-0.05, 0) is 18.2 Å². The Morgan fingerprint density at radius 3 is 2.35 bits per heavy atom. The van der Waals surface area contributed by atoms with Crippen molar-refractivity contribution in [3.8, 4) is 0 Å². The number of benzene rings is 2. The van der Waals surface area contributed by atoms with E-state index in [1.165, 1.54) is 18.2 Å². The molecular weight excluding hydrogens is 262 g/mol.